The lowest BCUT2D eigenvalue weighted by Crippen LogP contribution is -2.08. The second-order valence-corrected chi connectivity index (χ2v) is 3.67. The molecule has 84 valence electrons. The summed E-state index contributed by atoms with van der Waals surface area (Å²) < 4.78 is 1.61. The summed E-state index contributed by atoms with van der Waals surface area (Å²) in [6.07, 6.45) is 0. The molecule has 0 aliphatic rings. The Kier molecular flexibility index (Phi) is 2.26. The van der Waals surface area contributed by atoms with Crippen LogP contribution in [0.2, 0.25) is 0 Å². The van der Waals surface area contributed by atoms with Gasteiger partial charge in [0.1, 0.15) is 5.82 Å². The van der Waals surface area contributed by atoms with Gasteiger partial charge >= 0.3 is 0 Å². The molecule has 2 N–H and O–H groups in total. The van der Waals surface area contributed by atoms with Gasteiger partial charge in [0.2, 0.25) is 5.91 Å². The van der Waals surface area contributed by atoms with Crippen molar-refractivity contribution in [1.82, 2.24) is 14.8 Å². The Hall–Kier alpha value is -2.11. The first kappa shape index (κ1) is 10.4. The number of rotatable bonds is 1. The van der Waals surface area contributed by atoms with E-state index in [0.29, 0.717) is 16.9 Å². The first-order valence-electron chi connectivity index (χ1n) is 4.83. The average molecular weight is 220 g/mol. The van der Waals surface area contributed by atoms with E-state index in [0.717, 1.165) is 5.52 Å². The number of hydrogen-bond acceptors (Lipinski definition) is 3. The molecule has 16 heavy (non-hydrogen) atoms. The third-order valence-electron chi connectivity index (χ3n) is 2.34. The zero-order valence-electron chi connectivity index (χ0n) is 9.29. The lowest BCUT2D eigenvalue weighted by Gasteiger charge is -2.03. The van der Waals surface area contributed by atoms with E-state index in [1.54, 1.807) is 24.7 Å². The van der Waals surface area contributed by atoms with Gasteiger partial charge in [0.25, 0.3) is 5.56 Å². The largest absolute Gasteiger partial charge is 0.311 e. The van der Waals surface area contributed by atoms with E-state index in [-0.39, 0.29) is 11.5 Å². The van der Waals surface area contributed by atoms with Crippen molar-refractivity contribution in [2.45, 2.75) is 13.8 Å². The zero-order chi connectivity index (χ0) is 11.9. The molecule has 2 aromatic heterocycles. The van der Waals surface area contributed by atoms with Crippen molar-refractivity contribution in [3.63, 3.8) is 0 Å². The first-order chi connectivity index (χ1) is 7.49. The Morgan fingerprint density at radius 3 is 2.88 bits per heavy atom. The van der Waals surface area contributed by atoms with Crippen molar-refractivity contribution in [2.24, 2.45) is 7.05 Å². The third kappa shape index (κ3) is 1.58. The monoisotopic (exact) mass is 220 g/mol. The number of nitrogens with one attached hydrogen (secondary N) is 2. The molecule has 0 aliphatic carbocycles. The van der Waals surface area contributed by atoms with Crippen LogP contribution in [-0.2, 0) is 11.8 Å². The molecule has 0 saturated carbocycles. The Morgan fingerprint density at radius 2 is 2.25 bits per heavy atom. The molecular formula is C10H12N4O2. The molecule has 0 atom stereocenters. The van der Waals surface area contributed by atoms with E-state index >= 15 is 0 Å². The quantitative estimate of drug-likeness (QED) is 0.735. The first-order valence-corrected chi connectivity index (χ1v) is 4.83. The number of fused-ring (bicyclic) bond motifs is 1. The number of hydrogen-bond donors (Lipinski definition) is 2. The van der Waals surface area contributed by atoms with Gasteiger partial charge in [-0.25, -0.2) is 4.98 Å². The SMILES string of the molecule is CC(=O)Nc1cc2c(c(C)n1)c(=O)[nH]n2C. The lowest BCUT2D eigenvalue weighted by molar-refractivity contribution is -0.114. The van der Waals surface area contributed by atoms with Crippen molar-refractivity contribution in [1.29, 1.82) is 0 Å². The van der Waals surface area contributed by atoms with Crippen LogP contribution in [-0.4, -0.2) is 20.7 Å². The Morgan fingerprint density at radius 1 is 1.56 bits per heavy atom. The topological polar surface area (TPSA) is 79.8 Å². The molecule has 1 amide bonds. The van der Waals surface area contributed by atoms with Crippen LogP contribution in [0.3, 0.4) is 0 Å². The number of carbonyl (C=O) groups is 1. The Labute approximate surface area is 91.3 Å². The molecular weight excluding hydrogens is 208 g/mol. The summed E-state index contributed by atoms with van der Waals surface area (Å²) in [5.41, 5.74) is 1.15. The van der Waals surface area contributed by atoms with Crippen LogP contribution in [0.4, 0.5) is 5.82 Å². The number of pyridine rings is 1. The highest BCUT2D eigenvalue weighted by molar-refractivity contribution is 5.91. The van der Waals surface area contributed by atoms with Gasteiger partial charge in [-0.15, -0.1) is 0 Å². The summed E-state index contributed by atoms with van der Waals surface area (Å²) in [4.78, 5) is 26.6. The van der Waals surface area contributed by atoms with Crippen LogP contribution in [0, 0.1) is 6.92 Å². The molecule has 0 aliphatic heterocycles. The van der Waals surface area contributed by atoms with E-state index in [1.807, 2.05) is 0 Å². The molecule has 2 aromatic rings. The van der Waals surface area contributed by atoms with Gasteiger partial charge < -0.3 is 5.32 Å². The highest BCUT2D eigenvalue weighted by Crippen LogP contribution is 2.16. The van der Waals surface area contributed by atoms with Gasteiger partial charge in [0.05, 0.1) is 16.6 Å². The minimum absolute atomic E-state index is 0.170. The molecule has 0 unspecified atom stereocenters. The fourth-order valence-corrected chi connectivity index (χ4v) is 1.71. The number of nitrogens with zero attached hydrogens (tertiary/aromatic N) is 2. The third-order valence-corrected chi connectivity index (χ3v) is 2.34. The maximum Gasteiger partial charge on any atom is 0.273 e. The van der Waals surface area contributed by atoms with Gasteiger partial charge in [-0.1, -0.05) is 0 Å². The maximum absolute atomic E-state index is 11.6. The predicted octanol–water partition coefficient (Wildman–Crippen LogP) is 0.528. The molecule has 6 heteroatoms. The minimum atomic E-state index is -0.188. The van der Waals surface area contributed by atoms with E-state index in [2.05, 4.69) is 15.4 Å². The number of carbonyl (C=O) groups excluding carboxylic acids is 1. The van der Waals surface area contributed by atoms with Gasteiger partial charge in [-0.3, -0.25) is 19.4 Å². The summed E-state index contributed by atoms with van der Waals surface area (Å²) >= 11 is 0. The summed E-state index contributed by atoms with van der Waals surface area (Å²) in [6.45, 7) is 3.15. The second-order valence-electron chi connectivity index (χ2n) is 3.67. The molecule has 2 rings (SSSR count). The van der Waals surface area contributed by atoms with Crippen molar-refractivity contribution in [2.75, 3.05) is 5.32 Å². The van der Waals surface area contributed by atoms with Crippen molar-refractivity contribution < 1.29 is 4.79 Å². The van der Waals surface area contributed by atoms with E-state index in [4.69, 9.17) is 0 Å². The Balaban J connectivity index is 2.71. The van der Waals surface area contributed by atoms with Crippen molar-refractivity contribution >= 4 is 22.6 Å². The van der Waals surface area contributed by atoms with Crippen molar-refractivity contribution in [3.05, 3.63) is 22.1 Å². The number of aromatic nitrogens is 3. The van der Waals surface area contributed by atoms with Gasteiger partial charge in [-0.2, -0.15) is 0 Å². The highest BCUT2D eigenvalue weighted by atomic mass is 16.1. The molecule has 0 radical (unpaired) electrons. The minimum Gasteiger partial charge on any atom is -0.311 e. The number of anilines is 1. The summed E-state index contributed by atoms with van der Waals surface area (Å²) in [7, 11) is 1.74. The summed E-state index contributed by atoms with van der Waals surface area (Å²) in [5, 5.41) is 5.79. The standard InChI is InChI=1S/C10H12N4O2/c1-5-9-7(14(3)13-10(9)16)4-8(11-5)12-6(2)15/h4H,1-3H3,(H,13,16)(H,11,12,15). The Bertz CT molecular complexity index is 624. The number of aromatic amines is 1. The molecule has 0 spiro atoms. The zero-order valence-corrected chi connectivity index (χ0v) is 9.29. The second kappa shape index (κ2) is 3.48. The fraction of sp³-hybridized carbons (Fsp3) is 0.300. The highest BCUT2D eigenvalue weighted by Gasteiger charge is 2.10. The van der Waals surface area contributed by atoms with Crippen LogP contribution in [0.1, 0.15) is 12.6 Å². The molecule has 0 bridgehead atoms. The maximum atomic E-state index is 11.6. The molecule has 2 heterocycles. The van der Waals surface area contributed by atoms with E-state index in [9.17, 15) is 9.59 Å². The van der Waals surface area contributed by atoms with Crippen LogP contribution < -0.4 is 10.9 Å². The molecule has 6 nitrogen and oxygen atoms in total. The summed E-state index contributed by atoms with van der Waals surface area (Å²) in [6, 6.07) is 1.67. The van der Waals surface area contributed by atoms with Crippen LogP contribution in [0.25, 0.3) is 10.9 Å². The molecule has 0 saturated heterocycles. The molecule has 0 aromatic carbocycles. The van der Waals surface area contributed by atoms with E-state index < -0.39 is 0 Å². The molecule has 0 fully saturated rings. The van der Waals surface area contributed by atoms with Crippen molar-refractivity contribution in [3.8, 4) is 0 Å². The van der Waals surface area contributed by atoms with Crippen LogP contribution in [0.5, 0.6) is 0 Å². The lowest BCUT2D eigenvalue weighted by atomic mass is 10.2. The predicted molar refractivity (Wildman–Crippen MR) is 60.4 cm³/mol. The normalized spacial score (nSPS) is 10.7. The summed E-state index contributed by atoms with van der Waals surface area (Å²) in [5.74, 6) is 0.263. The number of aryl methyl sites for hydroxylation is 2. The van der Waals surface area contributed by atoms with Gasteiger partial charge in [0, 0.05) is 20.0 Å². The van der Waals surface area contributed by atoms with Gasteiger partial charge in [0.15, 0.2) is 0 Å². The number of amides is 1. The van der Waals surface area contributed by atoms with Gasteiger partial charge in [-0.05, 0) is 6.92 Å². The number of H-pyrrole nitrogens is 1. The van der Waals surface area contributed by atoms with Crippen LogP contribution in [0.15, 0.2) is 10.9 Å². The fourth-order valence-electron chi connectivity index (χ4n) is 1.71. The smallest absolute Gasteiger partial charge is 0.273 e. The van der Waals surface area contributed by atoms with E-state index in [1.165, 1.54) is 6.92 Å². The van der Waals surface area contributed by atoms with Crippen LogP contribution >= 0.6 is 0 Å². The average Bonchev–Trinajstić information content (AvgIpc) is 2.41.